The molecule has 1 aromatic rings. The lowest BCUT2D eigenvalue weighted by Crippen LogP contribution is -2.28. The molecular weight excluding hydrogens is 286 g/mol. The van der Waals surface area contributed by atoms with Crippen LogP contribution >= 0.6 is 0 Å². The Labute approximate surface area is 127 Å². The van der Waals surface area contributed by atoms with Gasteiger partial charge in [-0.2, -0.15) is 0 Å². The van der Waals surface area contributed by atoms with Gasteiger partial charge in [-0.15, -0.1) is 0 Å². The average Bonchev–Trinajstić information content (AvgIpc) is 2.79. The second kappa shape index (κ2) is 6.79. The second-order valence-electron chi connectivity index (χ2n) is 6.00. The molecule has 2 rings (SSSR count). The fourth-order valence-corrected chi connectivity index (χ4v) is 5.13. The van der Waals surface area contributed by atoms with Crippen LogP contribution in [0.25, 0.3) is 0 Å². The van der Waals surface area contributed by atoms with Crippen molar-refractivity contribution in [2.75, 3.05) is 32.2 Å². The number of hydrogen-bond acceptors (Lipinski definition) is 4. The summed E-state index contributed by atoms with van der Waals surface area (Å²) in [5, 5.41) is 3.21. The molecule has 2 unspecified atom stereocenters. The molecule has 0 spiro atoms. The normalized spacial score (nSPS) is 22.1. The van der Waals surface area contributed by atoms with Crippen LogP contribution in [-0.2, 0) is 16.3 Å². The SMILES string of the molecule is CNCC(Cc1cc(C)ccc1OC)C1CCS(=O)(=O)C1. The molecule has 2 atom stereocenters. The van der Waals surface area contributed by atoms with E-state index >= 15 is 0 Å². The van der Waals surface area contributed by atoms with Crippen LogP contribution in [0.4, 0.5) is 0 Å². The number of aryl methyl sites for hydroxylation is 1. The van der Waals surface area contributed by atoms with Gasteiger partial charge in [-0.3, -0.25) is 0 Å². The maximum absolute atomic E-state index is 11.7. The number of sulfone groups is 1. The van der Waals surface area contributed by atoms with E-state index in [2.05, 4.69) is 18.3 Å². The van der Waals surface area contributed by atoms with Crippen LogP contribution in [0.1, 0.15) is 17.5 Å². The third kappa shape index (κ3) is 4.20. The molecule has 1 aromatic carbocycles. The lowest BCUT2D eigenvalue weighted by molar-refractivity contribution is 0.343. The Morgan fingerprint density at radius 1 is 1.43 bits per heavy atom. The fourth-order valence-electron chi connectivity index (χ4n) is 3.21. The van der Waals surface area contributed by atoms with Crippen LogP contribution in [0.15, 0.2) is 18.2 Å². The van der Waals surface area contributed by atoms with Crippen molar-refractivity contribution in [2.24, 2.45) is 11.8 Å². The van der Waals surface area contributed by atoms with E-state index in [0.717, 1.165) is 25.1 Å². The van der Waals surface area contributed by atoms with Gasteiger partial charge in [-0.1, -0.05) is 17.7 Å². The zero-order chi connectivity index (χ0) is 15.5. The Morgan fingerprint density at radius 2 is 2.19 bits per heavy atom. The van der Waals surface area contributed by atoms with Crippen LogP contribution in [0.5, 0.6) is 5.75 Å². The van der Waals surface area contributed by atoms with E-state index in [4.69, 9.17) is 4.74 Å². The Balaban J connectivity index is 2.18. The monoisotopic (exact) mass is 311 g/mol. The van der Waals surface area contributed by atoms with Crippen molar-refractivity contribution < 1.29 is 13.2 Å². The molecule has 0 amide bonds. The third-order valence-electron chi connectivity index (χ3n) is 4.32. The molecule has 21 heavy (non-hydrogen) atoms. The number of rotatable bonds is 6. The number of hydrogen-bond donors (Lipinski definition) is 1. The highest BCUT2D eigenvalue weighted by atomic mass is 32.2. The minimum Gasteiger partial charge on any atom is -0.496 e. The first-order valence-electron chi connectivity index (χ1n) is 7.43. The molecular formula is C16H25NO3S. The molecule has 5 heteroatoms. The van der Waals surface area contributed by atoms with Crippen molar-refractivity contribution in [3.63, 3.8) is 0 Å². The van der Waals surface area contributed by atoms with Crippen molar-refractivity contribution in [1.29, 1.82) is 0 Å². The molecule has 1 saturated heterocycles. The summed E-state index contributed by atoms with van der Waals surface area (Å²) in [5.74, 6) is 2.12. The fraction of sp³-hybridized carbons (Fsp3) is 0.625. The van der Waals surface area contributed by atoms with E-state index in [-0.39, 0.29) is 5.92 Å². The van der Waals surface area contributed by atoms with Crippen LogP contribution in [-0.4, -0.2) is 40.6 Å². The highest BCUT2D eigenvalue weighted by Gasteiger charge is 2.33. The van der Waals surface area contributed by atoms with E-state index in [1.165, 1.54) is 11.1 Å². The third-order valence-corrected chi connectivity index (χ3v) is 6.11. The Kier molecular flexibility index (Phi) is 5.27. The van der Waals surface area contributed by atoms with Gasteiger partial charge in [0.05, 0.1) is 18.6 Å². The first-order chi connectivity index (χ1) is 9.95. The molecule has 1 heterocycles. The van der Waals surface area contributed by atoms with Gasteiger partial charge in [0.2, 0.25) is 0 Å². The summed E-state index contributed by atoms with van der Waals surface area (Å²) in [6, 6.07) is 6.17. The van der Waals surface area contributed by atoms with Gasteiger partial charge in [0.15, 0.2) is 9.84 Å². The van der Waals surface area contributed by atoms with Crippen molar-refractivity contribution in [3.8, 4) is 5.75 Å². The predicted molar refractivity (Wildman–Crippen MR) is 85.6 cm³/mol. The Morgan fingerprint density at radius 3 is 2.76 bits per heavy atom. The molecule has 4 nitrogen and oxygen atoms in total. The predicted octanol–water partition coefficient (Wildman–Crippen LogP) is 1.82. The molecule has 1 aliphatic heterocycles. The highest BCUT2D eigenvalue weighted by Crippen LogP contribution is 2.31. The van der Waals surface area contributed by atoms with Gasteiger partial charge in [0, 0.05) is 0 Å². The van der Waals surface area contributed by atoms with Gasteiger partial charge >= 0.3 is 0 Å². The van der Waals surface area contributed by atoms with Gasteiger partial charge < -0.3 is 10.1 Å². The number of methoxy groups -OCH3 is 1. The van der Waals surface area contributed by atoms with Crippen LogP contribution in [0.3, 0.4) is 0 Å². The van der Waals surface area contributed by atoms with Gasteiger partial charge in [0.1, 0.15) is 5.75 Å². The van der Waals surface area contributed by atoms with Crippen LogP contribution < -0.4 is 10.1 Å². The molecule has 118 valence electrons. The van der Waals surface area contributed by atoms with Crippen molar-refractivity contribution >= 4 is 9.84 Å². The first kappa shape index (κ1) is 16.3. The molecule has 0 aliphatic carbocycles. The summed E-state index contributed by atoms with van der Waals surface area (Å²) in [4.78, 5) is 0. The smallest absolute Gasteiger partial charge is 0.150 e. The molecule has 0 aromatic heterocycles. The van der Waals surface area contributed by atoms with Gasteiger partial charge in [-0.25, -0.2) is 8.42 Å². The summed E-state index contributed by atoms with van der Waals surface area (Å²) < 4.78 is 28.9. The minimum absolute atomic E-state index is 0.243. The molecule has 1 N–H and O–H groups in total. The number of nitrogens with one attached hydrogen (secondary N) is 1. The molecule has 1 aliphatic rings. The highest BCUT2D eigenvalue weighted by molar-refractivity contribution is 7.91. The van der Waals surface area contributed by atoms with Crippen molar-refractivity contribution in [1.82, 2.24) is 5.32 Å². The van der Waals surface area contributed by atoms with Gasteiger partial charge in [-0.05, 0) is 56.8 Å². The van der Waals surface area contributed by atoms with E-state index < -0.39 is 9.84 Å². The summed E-state index contributed by atoms with van der Waals surface area (Å²) in [7, 11) is 0.768. The second-order valence-corrected chi connectivity index (χ2v) is 8.23. The summed E-state index contributed by atoms with van der Waals surface area (Å²) in [6.45, 7) is 2.90. The van der Waals surface area contributed by atoms with Crippen molar-refractivity contribution in [2.45, 2.75) is 19.8 Å². The summed E-state index contributed by atoms with van der Waals surface area (Å²) >= 11 is 0. The maximum atomic E-state index is 11.7. The van der Waals surface area contributed by atoms with E-state index in [0.29, 0.717) is 17.4 Å². The van der Waals surface area contributed by atoms with E-state index in [1.54, 1.807) is 7.11 Å². The lowest BCUT2D eigenvalue weighted by atomic mass is 9.85. The Hall–Kier alpha value is -1.07. The zero-order valence-electron chi connectivity index (χ0n) is 13.1. The molecule has 0 radical (unpaired) electrons. The molecule has 0 saturated carbocycles. The lowest BCUT2D eigenvalue weighted by Gasteiger charge is -2.23. The molecule has 0 bridgehead atoms. The number of ether oxygens (including phenoxy) is 1. The number of benzene rings is 1. The van der Waals surface area contributed by atoms with Crippen LogP contribution in [0.2, 0.25) is 0 Å². The largest absolute Gasteiger partial charge is 0.496 e. The topological polar surface area (TPSA) is 55.4 Å². The summed E-state index contributed by atoms with van der Waals surface area (Å²) in [5.41, 5.74) is 2.37. The minimum atomic E-state index is -2.83. The van der Waals surface area contributed by atoms with E-state index in [1.807, 2.05) is 19.2 Å². The van der Waals surface area contributed by atoms with Crippen LogP contribution in [0, 0.1) is 18.8 Å². The first-order valence-corrected chi connectivity index (χ1v) is 9.26. The Bertz CT molecular complexity index is 583. The van der Waals surface area contributed by atoms with E-state index in [9.17, 15) is 8.42 Å². The van der Waals surface area contributed by atoms with Gasteiger partial charge in [0.25, 0.3) is 0 Å². The zero-order valence-corrected chi connectivity index (χ0v) is 13.9. The quantitative estimate of drug-likeness (QED) is 0.870. The summed E-state index contributed by atoms with van der Waals surface area (Å²) in [6.07, 6.45) is 1.63. The average molecular weight is 311 g/mol. The maximum Gasteiger partial charge on any atom is 0.150 e. The van der Waals surface area contributed by atoms with Crippen molar-refractivity contribution in [3.05, 3.63) is 29.3 Å². The standard InChI is InChI=1S/C16H25NO3S/c1-12-4-5-16(20-3)14(8-12)9-15(10-17-2)13-6-7-21(18,19)11-13/h4-5,8,13,15,17H,6-7,9-11H2,1-3H3. The molecule has 1 fully saturated rings.